The second-order valence-corrected chi connectivity index (χ2v) is 6.26. The monoisotopic (exact) mass is 313 g/mol. The molecule has 2 atom stereocenters. The van der Waals surface area contributed by atoms with Crippen molar-refractivity contribution in [1.82, 2.24) is 14.9 Å². The van der Waals surface area contributed by atoms with E-state index in [2.05, 4.69) is 14.9 Å². The molecule has 5 heteroatoms. The maximum absolute atomic E-state index is 12.8. The Morgan fingerprint density at radius 3 is 2.83 bits per heavy atom. The molecule has 0 saturated carbocycles. The van der Waals surface area contributed by atoms with Crippen LogP contribution in [0.4, 0.5) is 0 Å². The minimum absolute atomic E-state index is 0.0989. The van der Waals surface area contributed by atoms with Gasteiger partial charge in [0.05, 0.1) is 5.69 Å². The molecule has 122 valence electrons. The summed E-state index contributed by atoms with van der Waals surface area (Å²) in [4.78, 5) is 17.3. The Bertz CT molecular complexity index is 696. The first kappa shape index (κ1) is 15.7. The number of rotatable bonds is 4. The third kappa shape index (κ3) is 3.01. The molecule has 1 aromatic heterocycles. The van der Waals surface area contributed by atoms with Crippen molar-refractivity contribution in [3.8, 4) is 0 Å². The Kier molecular flexibility index (Phi) is 4.22. The quantitative estimate of drug-likeness (QED) is 0.941. The van der Waals surface area contributed by atoms with Crippen LogP contribution in [0.15, 0.2) is 36.5 Å². The van der Waals surface area contributed by atoms with Crippen molar-refractivity contribution < 1.29 is 9.53 Å². The average Bonchev–Trinajstić information content (AvgIpc) is 2.94. The maximum atomic E-state index is 12.8. The molecular formula is C18H23N3O2. The first-order valence-electron chi connectivity index (χ1n) is 7.97. The summed E-state index contributed by atoms with van der Waals surface area (Å²) in [5.74, 6) is 1.00. The van der Waals surface area contributed by atoms with Crippen LogP contribution in [0.25, 0.3) is 0 Å². The topological polar surface area (TPSA) is 56.1 Å². The Morgan fingerprint density at radius 2 is 2.13 bits per heavy atom. The lowest BCUT2D eigenvalue weighted by atomic mass is 9.94. The van der Waals surface area contributed by atoms with Crippen LogP contribution < -0.4 is 5.32 Å². The standard InChI is InChI=1S/C18H23N3O2/c1-13-11-21-12-15(9-10-16(21)19-13)20-17(22)18(2,23-3)14-7-5-4-6-8-14/h4-8,11,15H,9-10,12H2,1-3H3,(H,20,22)/t15-,18+/m1/s1. The highest BCUT2D eigenvalue weighted by molar-refractivity contribution is 5.86. The number of carbonyl (C=O) groups excluding carboxylic acids is 1. The van der Waals surface area contributed by atoms with Gasteiger partial charge in [0.15, 0.2) is 5.60 Å². The SMILES string of the molecule is CO[C@](C)(C(=O)N[C@@H]1CCc2nc(C)cn2C1)c1ccccc1. The van der Waals surface area contributed by atoms with Crippen molar-refractivity contribution in [3.05, 3.63) is 53.6 Å². The number of ether oxygens (including phenoxy) is 1. The molecule has 1 aliphatic rings. The average molecular weight is 313 g/mol. The van der Waals surface area contributed by atoms with Crippen LogP contribution in [0.5, 0.6) is 0 Å². The number of aryl methyl sites for hydroxylation is 2. The van der Waals surface area contributed by atoms with Crippen molar-refractivity contribution in [2.75, 3.05) is 7.11 Å². The van der Waals surface area contributed by atoms with Crippen LogP contribution in [0, 0.1) is 6.92 Å². The highest BCUT2D eigenvalue weighted by atomic mass is 16.5. The fourth-order valence-electron chi connectivity index (χ4n) is 3.13. The minimum atomic E-state index is -0.980. The van der Waals surface area contributed by atoms with E-state index in [0.29, 0.717) is 0 Å². The Balaban J connectivity index is 1.73. The number of nitrogens with one attached hydrogen (secondary N) is 1. The largest absolute Gasteiger partial charge is 0.364 e. The summed E-state index contributed by atoms with van der Waals surface area (Å²) >= 11 is 0. The van der Waals surface area contributed by atoms with E-state index in [1.807, 2.05) is 50.4 Å². The van der Waals surface area contributed by atoms with E-state index >= 15 is 0 Å². The predicted molar refractivity (Wildman–Crippen MR) is 88.0 cm³/mol. The smallest absolute Gasteiger partial charge is 0.256 e. The molecule has 1 aromatic carbocycles. The van der Waals surface area contributed by atoms with Crippen molar-refractivity contribution in [1.29, 1.82) is 0 Å². The molecule has 0 bridgehead atoms. The molecule has 2 aromatic rings. The lowest BCUT2D eigenvalue weighted by Gasteiger charge is -2.31. The number of hydrogen-bond acceptors (Lipinski definition) is 3. The number of hydrogen-bond donors (Lipinski definition) is 1. The van der Waals surface area contributed by atoms with Crippen LogP contribution in [0.2, 0.25) is 0 Å². The Labute approximate surface area is 136 Å². The molecule has 2 heterocycles. The number of methoxy groups -OCH3 is 1. The minimum Gasteiger partial charge on any atom is -0.364 e. The molecule has 23 heavy (non-hydrogen) atoms. The van der Waals surface area contributed by atoms with E-state index in [0.717, 1.165) is 36.5 Å². The normalized spacial score (nSPS) is 19.7. The van der Waals surface area contributed by atoms with Gasteiger partial charge in [0.1, 0.15) is 5.82 Å². The van der Waals surface area contributed by atoms with E-state index in [1.54, 1.807) is 7.11 Å². The predicted octanol–water partition coefficient (Wildman–Crippen LogP) is 2.18. The van der Waals surface area contributed by atoms with Crippen molar-refractivity contribution in [3.63, 3.8) is 0 Å². The number of fused-ring (bicyclic) bond motifs is 1. The summed E-state index contributed by atoms with van der Waals surface area (Å²) in [7, 11) is 1.57. The van der Waals surface area contributed by atoms with Crippen LogP contribution >= 0.6 is 0 Å². The molecule has 0 aliphatic carbocycles. The zero-order chi connectivity index (χ0) is 16.4. The lowest BCUT2D eigenvalue weighted by molar-refractivity contribution is -0.143. The second-order valence-electron chi connectivity index (χ2n) is 6.26. The van der Waals surface area contributed by atoms with E-state index < -0.39 is 5.60 Å². The second kappa shape index (κ2) is 6.16. The molecule has 0 spiro atoms. The van der Waals surface area contributed by atoms with Gasteiger partial charge < -0.3 is 14.6 Å². The number of carbonyl (C=O) groups is 1. The Morgan fingerprint density at radius 1 is 1.39 bits per heavy atom. The number of amides is 1. The van der Waals surface area contributed by atoms with Crippen molar-refractivity contribution >= 4 is 5.91 Å². The zero-order valence-electron chi connectivity index (χ0n) is 13.9. The van der Waals surface area contributed by atoms with Gasteiger partial charge >= 0.3 is 0 Å². The lowest BCUT2D eigenvalue weighted by Crippen LogP contribution is -2.50. The van der Waals surface area contributed by atoms with Gasteiger partial charge in [-0.2, -0.15) is 0 Å². The van der Waals surface area contributed by atoms with Crippen molar-refractivity contribution in [2.45, 2.75) is 44.9 Å². The molecule has 5 nitrogen and oxygen atoms in total. The van der Waals surface area contributed by atoms with E-state index in [9.17, 15) is 4.79 Å². The fourth-order valence-corrected chi connectivity index (χ4v) is 3.13. The van der Waals surface area contributed by atoms with Gasteiger partial charge in [-0.05, 0) is 25.8 Å². The first-order chi connectivity index (χ1) is 11.0. The molecule has 1 aliphatic heterocycles. The molecule has 3 rings (SSSR count). The summed E-state index contributed by atoms with van der Waals surface area (Å²) in [6.07, 6.45) is 3.82. The number of benzene rings is 1. The molecule has 0 radical (unpaired) electrons. The first-order valence-corrected chi connectivity index (χ1v) is 7.97. The summed E-state index contributed by atoms with van der Waals surface area (Å²) in [5.41, 5.74) is 0.903. The molecule has 1 N–H and O–H groups in total. The third-order valence-electron chi connectivity index (χ3n) is 4.61. The van der Waals surface area contributed by atoms with Crippen molar-refractivity contribution in [2.24, 2.45) is 0 Å². The number of nitrogens with zero attached hydrogens (tertiary/aromatic N) is 2. The van der Waals surface area contributed by atoms with Crippen LogP contribution in [-0.4, -0.2) is 28.6 Å². The van der Waals surface area contributed by atoms with E-state index in [4.69, 9.17) is 4.74 Å². The molecule has 0 fully saturated rings. The van der Waals surface area contributed by atoms with Gasteiger partial charge in [-0.1, -0.05) is 30.3 Å². The summed E-state index contributed by atoms with van der Waals surface area (Å²) in [6, 6.07) is 9.70. The van der Waals surface area contributed by atoms with Crippen LogP contribution in [0.1, 0.15) is 30.4 Å². The molecule has 0 unspecified atom stereocenters. The number of imidazole rings is 1. The highest BCUT2D eigenvalue weighted by Crippen LogP contribution is 2.25. The van der Waals surface area contributed by atoms with Gasteiger partial charge in [0.2, 0.25) is 0 Å². The maximum Gasteiger partial charge on any atom is 0.256 e. The van der Waals surface area contributed by atoms with E-state index in [1.165, 1.54) is 0 Å². The Hall–Kier alpha value is -2.14. The molecule has 1 amide bonds. The molecular weight excluding hydrogens is 290 g/mol. The number of aromatic nitrogens is 2. The van der Waals surface area contributed by atoms with Gasteiger partial charge in [-0.3, -0.25) is 4.79 Å². The van der Waals surface area contributed by atoms with Crippen LogP contribution in [-0.2, 0) is 28.1 Å². The third-order valence-corrected chi connectivity index (χ3v) is 4.61. The zero-order valence-corrected chi connectivity index (χ0v) is 13.9. The van der Waals surface area contributed by atoms with Gasteiger partial charge in [-0.15, -0.1) is 0 Å². The van der Waals surface area contributed by atoms with E-state index in [-0.39, 0.29) is 11.9 Å². The molecule has 0 saturated heterocycles. The summed E-state index contributed by atoms with van der Waals surface area (Å²) in [6.45, 7) is 4.57. The summed E-state index contributed by atoms with van der Waals surface area (Å²) < 4.78 is 7.70. The van der Waals surface area contributed by atoms with Gasteiger partial charge in [-0.25, -0.2) is 4.98 Å². The van der Waals surface area contributed by atoms with Gasteiger partial charge in [0, 0.05) is 32.3 Å². The van der Waals surface area contributed by atoms with Crippen LogP contribution in [0.3, 0.4) is 0 Å². The van der Waals surface area contributed by atoms with Gasteiger partial charge in [0.25, 0.3) is 5.91 Å². The highest BCUT2D eigenvalue weighted by Gasteiger charge is 2.36. The fraction of sp³-hybridized carbons (Fsp3) is 0.444. The summed E-state index contributed by atoms with van der Waals surface area (Å²) in [5, 5.41) is 3.15.